The molecular formula is C60H86N12O11. The molecular weight excluding hydrogens is 1060 g/mol. The Bertz CT molecular complexity index is 2770. The van der Waals surface area contributed by atoms with Crippen molar-refractivity contribution in [1.82, 2.24) is 52.3 Å². The predicted molar refractivity (Wildman–Crippen MR) is 313 cm³/mol. The van der Waals surface area contributed by atoms with Gasteiger partial charge in [0.1, 0.15) is 41.6 Å². The number of aliphatic hydroxyl groups is 1. The first-order valence-electron chi connectivity index (χ1n) is 29.9. The van der Waals surface area contributed by atoms with Crippen molar-refractivity contribution in [2.45, 2.75) is 171 Å². The van der Waals surface area contributed by atoms with Crippen LogP contribution in [0, 0.1) is 11.8 Å². The van der Waals surface area contributed by atoms with Crippen LogP contribution in [0.3, 0.4) is 0 Å². The summed E-state index contributed by atoms with van der Waals surface area (Å²) >= 11 is 0. The highest BCUT2D eigenvalue weighted by atomic mass is 16.3. The first-order valence-corrected chi connectivity index (χ1v) is 29.9. The van der Waals surface area contributed by atoms with E-state index in [4.69, 9.17) is 0 Å². The highest BCUT2D eigenvalue weighted by molar-refractivity contribution is 5.97. The van der Waals surface area contributed by atoms with Gasteiger partial charge in [0, 0.05) is 63.8 Å². The van der Waals surface area contributed by atoms with Crippen molar-refractivity contribution >= 4 is 58.6 Å². The molecule has 83 heavy (non-hydrogen) atoms. The lowest BCUT2D eigenvalue weighted by Crippen LogP contribution is -2.59. The number of rotatable bonds is 30. The molecule has 452 valence electrons. The van der Waals surface area contributed by atoms with Crippen molar-refractivity contribution in [3.05, 3.63) is 92.2 Å². The number of carbonyl (C=O) groups is 8. The summed E-state index contributed by atoms with van der Waals surface area (Å²) < 4.78 is 0. The fourth-order valence-electron chi connectivity index (χ4n) is 12.4. The lowest BCUT2D eigenvalue weighted by atomic mass is 9.90. The topological polar surface area (TPSA) is 318 Å². The maximum absolute atomic E-state index is 14.5. The Morgan fingerprint density at radius 3 is 1.64 bits per heavy atom. The summed E-state index contributed by atoms with van der Waals surface area (Å²) in [6, 6.07) is 12.3. The second-order valence-electron chi connectivity index (χ2n) is 22.4. The van der Waals surface area contributed by atoms with Gasteiger partial charge in [-0.2, -0.15) is 0 Å². The number of nitrogens with zero attached hydrogens (tertiary/aromatic N) is 2. The minimum Gasteiger partial charge on any atom is -0.396 e. The molecule has 8 amide bonds. The predicted octanol–water partition coefficient (Wildman–Crippen LogP) is 0.960. The van der Waals surface area contributed by atoms with Crippen LogP contribution in [0.25, 0.3) is 0 Å². The third-order valence-corrected chi connectivity index (χ3v) is 17.1. The number of hydrogen-bond donors (Lipinski definition) is 11. The summed E-state index contributed by atoms with van der Waals surface area (Å²) in [6.45, 7) is 4.74. The Morgan fingerprint density at radius 2 is 1.08 bits per heavy atom. The second-order valence-corrected chi connectivity index (χ2v) is 22.4. The van der Waals surface area contributed by atoms with Gasteiger partial charge < -0.3 is 68.1 Å². The number of hydrogen-bond acceptors (Lipinski definition) is 15. The molecule has 3 aromatic carbocycles. The molecule has 0 bridgehead atoms. The van der Waals surface area contributed by atoms with Gasteiger partial charge in [0.05, 0.1) is 12.1 Å². The van der Waals surface area contributed by atoms with E-state index in [1.807, 2.05) is 44.2 Å². The minimum atomic E-state index is -1.08. The maximum atomic E-state index is 14.5. The third kappa shape index (κ3) is 15.9. The Labute approximate surface area is 485 Å². The van der Waals surface area contributed by atoms with E-state index in [0.29, 0.717) is 109 Å². The summed E-state index contributed by atoms with van der Waals surface area (Å²) in [5.74, 6) is -3.64. The number of aliphatic hydroxyl groups excluding tert-OH is 1. The van der Waals surface area contributed by atoms with Crippen molar-refractivity contribution in [3.8, 4) is 0 Å². The molecule has 11 N–H and O–H groups in total. The molecule has 0 unspecified atom stereocenters. The van der Waals surface area contributed by atoms with Crippen molar-refractivity contribution in [2.24, 2.45) is 11.8 Å². The molecule has 4 aliphatic heterocycles. The SMILES string of the molecule is CC[C@H](NC)C(=O)N[C@@H]1C(=O)N2[C@@H](CC[C@@H]1CNC(=O)CCCNc1c(NCCCCNC(=O)[C@@H](NC(=O)[C@@H]3CC[C@@H]4CC[C@H](CCO)[C@H](NC(=O)[C@H](CC)NC)C(=O)N43)c3ccccc3)c(=O)c1=O)CC[C@H]2C(=O)NCc1ccccc1. The van der Waals surface area contributed by atoms with E-state index in [1.165, 1.54) is 0 Å². The maximum Gasteiger partial charge on any atom is 0.253 e. The lowest BCUT2D eigenvalue weighted by Gasteiger charge is -2.33. The average molecular weight is 1150 g/mol. The van der Waals surface area contributed by atoms with Crippen molar-refractivity contribution in [3.63, 3.8) is 0 Å². The Balaban J connectivity index is 0.859. The molecule has 23 heteroatoms. The number of amides is 8. The zero-order chi connectivity index (χ0) is 59.6. The van der Waals surface area contributed by atoms with E-state index in [1.54, 1.807) is 54.2 Å². The normalized spacial score (nSPS) is 23.3. The lowest BCUT2D eigenvalue weighted by molar-refractivity contribution is -0.144. The molecule has 4 aliphatic rings. The monoisotopic (exact) mass is 1150 g/mol. The fourth-order valence-corrected chi connectivity index (χ4v) is 12.4. The molecule has 0 aliphatic carbocycles. The van der Waals surface area contributed by atoms with Crippen LogP contribution in [0.2, 0.25) is 0 Å². The summed E-state index contributed by atoms with van der Waals surface area (Å²) in [6.07, 6.45) is 7.09. The fraction of sp³-hybridized carbons (Fsp3) is 0.600. The molecule has 23 nitrogen and oxygen atoms in total. The van der Waals surface area contributed by atoms with Crippen molar-refractivity contribution in [2.75, 3.05) is 57.5 Å². The average Bonchev–Trinajstić information content (AvgIpc) is 4.34. The molecule has 0 aromatic heterocycles. The molecule has 0 saturated carbocycles. The van der Waals surface area contributed by atoms with Gasteiger partial charge in [-0.1, -0.05) is 74.5 Å². The summed E-state index contributed by atoms with van der Waals surface area (Å²) in [5.41, 5.74) is 0.394. The standard InChI is InChI=1S/C60H86N12O11/c1-5-42(61-3)54(77)69-48-38(29-33-73)21-23-40-26-28-45(72(40)59(48)82)57(80)68-47(37-18-11-8-12-19-37)58(81)65-31-14-13-30-63-50-51(53(76)52(50)75)64-32-15-20-46(74)66-35-39-22-24-41-25-27-44(56(79)67-34-36-16-9-7-10-17-36)71(41)60(83)49(39)70-55(78)43(6-2)62-4/h7-12,16-19,38-45,47-49,61-64,73H,5-6,13-15,20-35H2,1-4H3,(H,65,81)(H,66,74)(H,67,79)(H,68,80)(H,69,77)(H,70,78)/t38-,39-,40+,41+,42+,43+,44+,45+,47+,48+,49+/m1/s1. The van der Waals surface area contributed by atoms with E-state index in [0.717, 1.165) is 5.56 Å². The molecule has 7 rings (SSSR count). The largest absolute Gasteiger partial charge is 0.396 e. The van der Waals surface area contributed by atoms with Gasteiger partial charge in [-0.15, -0.1) is 0 Å². The highest BCUT2D eigenvalue weighted by Gasteiger charge is 2.50. The summed E-state index contributed by atoms with van der Waals surface area (Å²) in [5, 5.41) is 39.5. The minimum absolute atomic E-state index is 0.0728. The van der Waals surface area contributed by atoms with Crippen LogP contribution in [0.4, 0.5) is 11.4 Å². The van der Waals surface area contributed by atoms with Gasteiger partial charge >= 0.3 is 0 Å². The van der Waals surface area contributed by atoms with Gasteiger partial charge in [0.15, 0.2) is 0 Å². The molecule has 4 saturated heterocycles. The van der Waals surface area contributed by atoms with E-state index >= 15 is 0 Å². The third-order valence-electron chi connectivity index (χ3n) is 17.1. The highest BCUT2D eigenvalue weighted by Crippen LogP contribution is 2.37. The van der Waals surface area contributed by atoms with E-state index < -0.39 is 70.9 Å². The van der Waals surface area contributed by atoms with Gasteiger partial charge in [-0.05, 0) is 121 Å². The second kappa shape index (κ2) is 30.9. The van der Waals surface area contributed by atoms with Crippen LogP contribution in [0.15, 0.2) is 70.3 Å². The van der Waals surface area contributed by atoms with Crippen LogP contribution in [-0.2, 0) is 44.9 Å². The summed E-state index contributed by atoms with van der Waals surface area (Å²) in [4.78, 5) is 139. The van der Waals surface area contributed by atoms with Gasteiger partial charge in [-0.25, -0.2) is 0 Å². The number of nitrogens with one attached hydrogen (secondary N) is 10. The van der Waals surface area contributed by atoms with Crippen LogP contribution < -0.4 is 64.0 Å². The number of unbranched alkanes of at least 4 members (excludes halogenated alkanes) is 1. The smallest absolute Gasteiger partial charge is 0.253 e. The van der Waals surface area contributed by atoms with Crippen LogP contribution in [0.1, 0.15) is 127 Å². The zero-order valence-electron chi connectivity index (χ0n) is 48.4. The number of benzene rings is 2. The van der Waals surface area contributed by atoms with E-state index in [2.05, 4.69) is 53.2 Å². The van der Waals surface area contributed by atoms with Crippen LogP contribution in [0.5, 0.6) is 0 Å². The number of anilines is 2. The first-order chi connectivity index (χ1) is 40.1. The molecule has 0 spiro atoms. The molecule has 3 aromatic rings. The van der Waals surface area contributed by atoms with Gasteiger partial charge in [-0.3, -0.25) is 47.9 Å². The van der Waals surface area contributed by atoms with Crippen molar-refractivity contribution < 1.29 is 43.5 Å². The molecule has 0 radical (unpaired) electrons. The van der Waals surface area contributed by atoms with Crippen molar-refractivity contribution in [1.29, 1.82) is 0 Å². The van der Waals surface area contributed by atoms with Gasteiger partial charge in [0.25, 0.3) is 10.9 Å². The summed E-state index contributed by atoms with van der Waals surface area (Å²) in [7, 11) is 3.34. The number of fused-ring (bicyclic) bond motifs is 2. The van der Waals surface area contributed by atoms with E-state index in [-0.39, 0.29) is 97.5 Å². The molecule has 4 fully saturated rings. The molecule has 4 heterocycles. The number of carbonyl (C=O) groups excluding carboxylic acids is 8. The van der Waals surface area contributed by atoms with Gasteiger partial charge in [0.2, 0.25) is 47.3 Å². The number of likely N-dealkylation sites (N-methyl/N-ethyl adjacent to an activating group) is 2. The van der Waals surface area contributed by atoms with Crippen LogP contribution >= 0.6 is 0 Å². The zero-order valence-corrected chi connectivity index (χ0v) is 48.4. The Hall–Kier alpha value is -7.24. The Kier molecular flexibility index (Phi) is 23.6. The van der Waals surface area contributed by atoms with Crippen LogP contribution in [-0.4, -0.2) is 157 Å². The van der Waals surface area contributed by atoms with E-state index in [9.17, 15) is 53.1 Å². The first kappa shape index (κ1) is 63.3. The molecule has 11 atom stereocenters. The Morgan fingerprint density at radius 1 is 0.578 bits per heavy atom. The quantitative estimate of drug-likeness (QED) is 0.0327.